The molecule has 2 aromatic carbocycles. The summed E-state index contributed by atoms with van der Waals surface area (Å²) in [6.45, 7) is 2.17. The van der Waals surface area contributed by atoms with Crippen molar-refractivity contribution in [2.75, 3.05) is 13.1 Å². The number of aryl methyl sites for hydroxylation is 1. The van der Waals surface area contributed by atoms with E-state index in [-0.39, 0.29) is 5.78 Å². The molecular formula is C20H22ClNO. The molecule has 0 bridgehead atoms. The number of rotatable bonds is 6. The molecular weight excluding hydrogens is 306 g/mol. The second kappa shape index (κ2) is 7.76. The van der Waals surface area contributed by atoms with Gasteiger partial charge in [-0.1, -0.05) is 54.1 Å². The minimum atomic E-state index is 0.264. The number of nitrogens with one attached hydrogen (secondary N) is 1. The predicted octanol–water partition coefficient (Wildman–Crippen LogP) is 4.16. The predicted molar refractivity (Wildman–Crippen MR) is 95.2 cm³/mol. The molecule has 1 aliphatic heterocycles. The zero-order chi connectivity index (χ0) is 16.1. The maximum absolute atomic E-state index is 12.2. The number of ketones is 1. The molecule has 1 atom stereocenters. The van der Waals surface area contributed by atoms with Gasteiger partial charge in [-0.25, -0.2) is 0 Å². The summed E-state index contributed by atoms with van der Waals surface area (Å²) >= 11 is 6.13. The summed E-state index contributed by atoms with van der Waals surface area (Å²) in [5, 5.41) is 4.13. The number of halogens is 1. The normalized spacial score (nSPS) is 17.3. The monoisotopic (exact) mass is 327 g/mol. The maximum Gasteiger partial charge on any atom is 0.137 e. The SMILES string of the molecule is O=C(CCc1ccccc1Cl)Cc1ccc(C2CCNC2)cc1. The van der Waals surface area contributed by atoms with Gasteiger partial charge < -0.3 is 5.32 Å². The lowest BCUT2D eigenvalue weighted by atomic mass is 9.96. The molecule has 1 fully saturated rings. The average molecular weight is 328 g/mol. The van der Waals surface area contributed by atoms with Crippen LogP contribution in [0, 0.1) is 0 Å². The van der Waals surface area contributed by atoms with Crippen molar-refractivity contribution in [2.24, 2.45) is 0 Å². The zero-order valence-electron chi connectivity index (χ0n) is 13.2. The summed E-state index contributed by atoms with van der Waals surface area (Å²) in [7, 11) is 0. The molecule has 0 amide bonds. The Bertz CT molecular complexity index is 660. The van der Waals surface area contributed by atoms with Gasteiger partial charge in [-0.2, -0.15) is 0 Å². The Kier molecular flexibility index (Phi) is 5.47. The summed E-state index contributed by atoms with van der Waals surface area (Å²) in [5.41, 5.74) is 3.53. The fraction of sp³-hybridized carbons (Fsp3) is 0.350. The van der Waals surface area contributed by atoms with Gasteiger partial charge in [-0.05, 0) is 48.1 Å². The second-order valence-electron chi connectivity index (χ2n) is 6.24. The highest BCUT2D eigenvalue weighted by atomic mass is 35.5. The van der Waals surface area contributed by atoms with Crippen molar-refractivity contribution in [2.45, 2.75) is 31.6 Å². The molecule has 1 saturated heterocycles. The van der Waals surface area contributed by atoms with Gasteiger partial charge in [0.2, 0.25) is 0 Å². The van der Waals surface area contributed by atoms with Crippen LogP contribution in [0.3, 0.4) is 0 Å². The van der Waals surface area contributed by atoms with E-state index in [2.05, 4.69) is 29.6 Å². The zero-order valence-corrected chi connectivity index (χ0v) is 14.0. The fourth-order valence-corrected chi connectivity index (χ4v) is 3.37. The molecule has 3 rings (SSSR count). The van der Waals surface area contributed by atoms with Crippen LogP contribution in [0.5, 0.6) is 0 Å². The molecule has 23 heavy (non-hydrogen) atoms. The van der Waals surface area contributed by atoms with E-state index in [4.69, 9.17) is 11.6 Å². The standard InChI is InChI=1S/C20H22ClNO/c21-20-4-2-1-3-17(20)9-10-19(23)13-15-5-7-16(8-6-15)18-11-12-22-14-18/h1-8,18,22H,9-14H2. The Balaban J connectivity index is 1.52. The van der Waals surface area contributed by atoms with E-state index in [9.17, 15) is 4.79 Å². The lowest BCUT2D eigenvalue weighted by molar-refractivity contribution is -0.118. The van der Waals surface area contributed by atoms with Gasteiger partial charge in [0.05, 0.1) is 0 Å². The molecule has 0 saturated carbocycles. The van der Waals surface area contributed by atoms with Gasteiger partial charge in [0.25, 0.3) is 0 Å². The summed E-state index contributed by atoms with van der Waals surface area (Å²) in [6, 6.07) is 16.3. The van der Waals surface area contributed by atoms with E-state index in [0.717, 1.165) is 29.2 Å². The molecule has 1 aliphatic rings. The van der Waals surface area contributed by atoms with Crippen LogP contribution in [-0.2, 0) is 17.6 Å². The number of benzene rings is 2. The number of hydrogen-bond acceptors (Lipinski definition) is 2. The first-order valence-corrected chi connectivity index (χ1v) is 8.65. The second-order valence-corrected chi connectivity index (χ2v) is 6.65. The van der Waals surface area contributed by atoms with Crippen molar-refractivity contribution in [3.8, 4) is 0 Å². The molecule has 1 heterocycles. The van der Waals surface area contributed by atoms with E-state index in [1.165, 1.54) is 12.0 Å². The Labute approximate surface area is 142 Å². The smallest absolute Gasteiger partial charge is 0.137 e. The summed E-state index contributed by atoms with van der Waals surface area (Å²) < 4.78 is 0. The quantitative estimate of drug-likeness (QED) is 0.863. The Hall–Kier alpha value is -1.64. The van der Waals surface area contributed by atoms with Crippen molar-refractivity contribution in [3.05, 3.63) is 70.2 Å². The van der Waals surface area contributed by atoms with Crippen molar-refractivity contribution in [1.82, 2.24) is 5.32 Å². The largest absolute Gasteiger partial charge is 0.316 e. The first-order chi connectivity index (χ1) is 11.2. The molecule has 2 aromatic rings. The highest BCUT2D eigenvalue weighted by molar-refractivity contribution is 6.31. The van der Waals surface area contributed by atoms with Crippen LogP contribution in [-0.4, -0.2) is 18.9 Å². The first-order valence-electron chi connectivity index (χ1n) is 8.27. The van der Waals surface area contributed by atoms with Gasteiger partial charge in [0.15, 0.2) is 0 Å². The Morgan fingerprint density at radius 2 is 1.91 bits per heavy atom. The van der Waals surface area contributed by atoms with E-state index in [1.54, 1.807) is 0 Å². The maximum atomic E-state index is 12.2. The van der Waals surface area contributed by atoms with E-state index in [1.807, 2.05) is 24.3 Å². The van der Waals surface area contributed by atoms with Crippen LogP contribution in [0.4, 0.5) is 0 Å². The van der Waals surface area contributed by atoms with Crippen molar-refractivity contribution in [1.29, 1.82) is 0 Å². The van der Waals surface area contributed by atoms with E-state index in [0.29, 0.717) is 25.2 Å². The molecule has 1 unspecified atom stereocenters. The minimum Gasteiger partial charge on any atom is -0.316 e. The van der Waals surface area contributed by atoms with Crippen LogP contribution in [0.1, 0.15) is 35.4 Å². The third-order valence-corrected chi connectivity index (χ3v) is 4.91. The minimum absolute atomic E-state index is 0.264. The topological polar surface area (TPSA) is 29.1 Å². The molecule has 0 spiro atoms. The van der Waals surface area contributed by atoms with Crippen LogP contribution in [0.15, 0.2) is 48.5 Å². The van der Waals surface area contributed by atoms with E-state index < -0.39 is 0 Å². The van der Waals surface area contributed by atoms with Crippen molar-refractivity contribution in [3.63, 3.8) is 0 Å². The number of carbonyl (C=O) groups is 1. The summed E-state index contributed by atoms with van der Waals surface area (Å²) in [6.07, 6.45) is 2.96. The molecule has 0 aliphatic carbocycles. The first kappa shape index (κ1) is 16.2. The van der Waals surface area contributed by atoms with Gasteiger partial charge in [0.1, 0.15) is 5.78 Å². The number of Topliss-reactive ketones (excluding diaryl/α,β-unsaturated/α-hetero) is 1. The summed E-state index contributed by atoms with van der Waals surface area (Å²) in [4.78, 5) is 12.2. The Morgan fingerprint density at radius 3 is 2.61 bits per heavy atom. The van der Waals surface area contributed by atoms with Gasteiger partial charge >= 0.3 is 0 Å². The molecule has 1 N–H and O–H groups in total. The lowest BCUT2D eigenvalue weighted by Gasteiger charge is -2.09. The van der Waals surface area contributed by atoms with Crippen LogP contribution in [0.2, 0.25) is 5.02 Å². The van der Waals surface area contributed by atoms with E-state index >= 15 is 0 Å². The third kappa shape index (κ3) is 4.43. The average Bonchev–Trinajstić information content (AvgIpc) is 3.09. The van der Waals surface area contributed by atoms with Gasteiger partial charge in [-0.15, -0.1) is 0 Å². The van der Waals surface area contributed by atoms with Crippen LogP contribution < -0.4 is 5.32 Å². The third-order valence-electron chi connectivity index (χ3n) is 4.54. The van der Waals surface area contributed by atoms with Crippen LogP contribution in [0.25, 0.3) is 0 Å². The molecule has 2 nitrogen and oxygen atoms in total. The van der Waals surface area contributed by atoms with Gasteiger partial charge in [0, 0.05) is 24.4 Å². The molecule has 120 valence electrons. The van der Waals surface area contributed by atoms with Crippen LogP contribution >= 0.6 is 11.6 Å². The summed E-state index contributed by atoms with van der Waals surface area (Å²) in [5.74, 6) is 0.889. The Morgan fingerprint density at radius 1 is 1.13 bits per heavy atom. The van der Waals surface area contributed by atoms with Crippen molar-refractivity contribution >= 4 is 17.4 Å². The lowest BCUT2D eigenvalue weighted by Crippen LogP contribution is -2.08. The molecule has 0 radical (unpaired) electrons. The van der Waals surface area contributed by atoms with Gasteiger partial charge in [-0.3, -0.25) is 4.79 Å². The molecule has 0 aromatic heterocycles. The van der Waals surface area contributed by atoms with Crippen molar-refractivity contribution < 1.29 is 4.79 Å². The highest BCUT2D eigenvalue weighted by Gasteiger charge is 2.16. The highest BCUT2D eigenvalue weighted by Crippen LogP contribution is 2.23. The molecule has 3 heteroatoms. The number of carbonyl (C=O) groups excluding carboxylic acids is 1. The number of hydrogen-bond donors (Lipinski definition) is 1. The fourth-order valence-electron chi connectivity index (χ4n) is 3.14.